The standard InChI is InChI=1S/C17H24O3/c1-5-17(18)14(3)10-13(2)11-20-12-15-6-8-16(19-4)9-7-15/h5-9,13-14H,1,10-12H2,2-4H3/t13-,14+/m0/s1. The Bertz CT molecular complexity index is 422. The maximum Gasteiger partial charge on any atom is 0.157 e. The Labute approximate surface area is 121 Å². The number of benzene rings is 1. The highest BCUT2D eigenvalue weighted by Gasteiger charge is 2.13. The maximum atomic E-state index is 11.4. The number of hydrogen-bond donors (Lipinski definition) is 0. The van der Waals surface area contributed by atoms with Gasteiger partial charge in [-0.25, -0.2) is 0 Å². The molecule has 0 unspecified atom stereocenters. The van der Waals surface area contributed by atoms with Crippen LogP contribution in [0.15, 0.2) is 36.9 Å². The number of carbonyl (C=O) groups is 1. The van der Waals surface area contributed by atoms with Crippen LogP contribution >= 0.6 is 0 Å². The summed E-state index contributed by atoms with van der Waals surface area (Å²) < 4.78 is 10.8. The summed E-state index contributed by atoms with van der Waals surface area (Å²) in [5.41, 5.74) is 1.12. The lowest BCUT2D eigenvalue weighted by atomic mass is 9.94. The molecule has 0 aliphatic heterocycles. The van der Waals surface area contributed by atoms with Crippen LogP contribution in [0, 0.1) is 11.8 Å². The monoisotopic (exact) mass is 276 g/mol. The summed E-state index contributed by atoms with van der Waals surface area (Å²) in [7, 11) is 1.65. The molecule has 3 nitrogen and oxygen atoms in total. The van der Waals surface area contributed by atoms with Gasteiger partial charge in [-0.15, -0.1) is 0 Å². The molecule has 0 saturated carbocycles. The Balaban J connectivity index is 2.28. The Morgan fingerprint density at radius 1 is 1.30 bits per heavy atom. The van der Waals surface area contributed by atoms with Gasteiger partial charge in [0.1, 0.15) is 5.75 Å². The average Bonchev–Trinajstić information content (AvgIpc) is 2.47. The Kier molecular flexibility index (Phi) is 7.02. The summed E-state index contributed by atoms with van der Waals surface area (Å²) in [6, 6.07) is 7.83. The highest BCUT2D eigenvalue weighted by Crippen LogP contribution is 2.15. The Hall–Kier alpha value is -1.61. The van der Waals surface area contributed by atoms with Gasteiger partial charge in [0.15, 0.2) is 5.78 Å². The van der Waals surface area contributed by atoms with Gasteiger partial charge in [-0.1, -0.05) is 32.6 Å². The quantitative estimate of drug-likeness (QED) is 0.646. The molecule has 2 atom stereocenters. The fraction of sp³-hybridized carbons (Fsp3) is 0.471. The van der Waals surface area contributed by atoms with E-state index in [1.807, 2.05) is 31.2 Å². The Morgan fingerprint density at radius 3 is 2.50 bits per heavy atom. The number of ether oxygens (including phenoxy) is 2. The van der Waals surface area contributed by atoms with E-state index in [2.05, 4.69) is 13.5 Å². The minimum Gasteiger partial charge on any atom is -0.497 e. The lowest BCUT2D eigenvalue weighted by Gasteiger charge is -2.15. The SMILES string of the molecule is C=CC(=O)[C@H](C)C[C@H](C)COCc1ccc(OC)cc1. The first kappa shape index (κ1) is 16.4. The van der Waals surface area contributed by atoms with E-state index in [4.69, 9.17) is 9.47 Å². The number of methoxy groups -OCH3 is 1. The van der Waals surface area contributed by atoms with Crippen LogP contribution < -0.4 is 4.74 Å². The van der Waals surface area contributed by atoms with Crippen molar-refractivity contribution in [3.63, 3.8) is 0 Å². The second kappa shape index (κ2) is 8.54. The van der Waals surface area contributed by atoms with Crippen molar-refractivity contribution in [2.45, 2.75) is 26.9 Å². The molecule has 0 bridgehead atoms. The summed E-state index contributed by atoms with van der Waals surface area (Å²) in [5, 5.41) is 0. The molecule has 3 heteroatoms. The predicted molar refractivity (Wildman–Crippen MR) is 80.8 cm³/mol. The molecule has 0 aliphatic rings. The molecular weight excluding hydrogens is 252 g/mol. The molecule has 0 aromatic heterocycles. The van der Waals surface area contributed by atoms with E-state index in [-0.39, 0.29) is 11.7 Å². The van der Waals surface area contributed by atoms with Crippen LogP contribution in [0.2, 0.25) is 0 Å². The molecular formula is C17H24O3. The highest BCUT2D eigenvalue weighted by molar-refractivity contribution is 5.90. The summed E-state index contributed by atoms with van der Waals surface area (Å²) in [6.07, 6.45) is 2.23. The molecule has 1 aromatic carbocycles. The van der Waals surface area contributed by atoms with Gasteiger partial charge in [0, 0.05) is 12.5 Å². The number of hydrogen-bond acceptors (Lipinski definition) is 3. The molecule has 1 aromatic rings. The van der Waals surface area contributed by atoms with Crippen LogP contribution in [0.4, 0.5) is 0 Å². The second-order valence-electron chi connectivity index (χ2n) is 5.21. The van der Waals surface area contributed by atoms with Gasteiger partial charge >= 0.3 is 0 Å². The number of rotatable bonds is 9. The zero-order chi connectivity index (χ0) is 15.0. The second-order valence-corrected chi connectivity index (χ2v) is 5.21. The molecule has 0 fully saturated rings. The van der Waals surface area contributed by atoms with Gasteiger partial charge in [0.2, 0.25) is 0 Å². The lowest BCUT2D eigenvalue weighted by Crippen LogP contribution is -2.15. The van der Waals surface area contributed by atoms with Crippen molar-refractivity contribution in [1.82, 2.24) is 0 Å². The molecule has 0 amide bonds. The normalized spacial score (nSPS) is 13.6. The molecule has 0 saturated heterocycles. The lowest BCUT2D eigenvalue weighted by molar-refractivity contribution is -0.118. The molecule has 0 radical (unpaired) electrons. The van der Waals surface area contributed by atoms with Crippen LogP contribution in [0.25, 0.3) is 0 Å². The van der Waals surface area contributed by atoms with Crippen LogP contribution in [-0.4, -0.2) is 19.5 Å². The molecule has 1 rings (SSSR count). The fourth-order valence-corrected chi connectivity index (χ4v) is 2.09. The number of allylic oxidation sites excluding steroid dienone is 1. The highest BCUT2D eigenvalue weighted by atomic mass is 16.5. The molecule has 0 heterocycles. The van der Waals surface area contributed by atoms with Crippen molar-refractivity contribution < 1.29 is 14.3 Å². The third-order valence-corrected chi connectivity index (χ3v) is 3.27. The van der Waals surface area contributed by atoms with Gasteiger partial charge in [0.05, 0.1) is 13.7 Å². The van der Waals surface area contributed by atoms with Gasteiger partial charge in [-0.05, 0) is 36.1 Å². The predicted octanol–water partition coefficient (Wildman–Crippen LogP) is 3.63. The first-order chi connectivity index (χ1) is 9.56. The summed E-state index contributed by atoms with van der Waals surface area (Å²) >= 11 is 0. The first-order valence-electron chi connectivity index (χ1n) is 6.93. The molecule has 0 N–H and O–H groups in total. The van der Waals surface area contributed by atoms with Crippen LogP contribution in [0.1, 0.15) is 25.8 Å². The van der Waals surface area contributed by atoms with Crippen molar-refractivity contribution in [2.75, 3.05) is 13.7 Å². The molecule has 0 aliphatic carbocycles. The summed E-state index contributed by atoms with van der Waals surface area (Å²) in [6.45, 7) is 8.78. The fourth-order valence-electron chi connectivity index (χ4n) is 2.09. The zero-order valence-electron chi connectivity index (χ0n) is 12.6. The van der Waals surface area contributed by atoms with Crippen molar-refractivity contribution in [2.24, 2.45) is 11.8 Å². The summed E-state index contributed by atoms with van der Waals surface area (Å²) in [4.78, 5) is 11.4. The van der Waals surface area contributed by atoms with Gasteiger partial charge in [-0.2, -0.15) is 0 Å². The van der Waals surface area contributed by atoms with Gasteiger partial charge < -0.3 is 9.47 Å². The van der Waals surface area contributed by atoms with Crippen molar-refractivity contribution in [3.8, 4) is 5.75 Å². The number of carbonyl (C=O) groups excluding carboxylic acids is 1. The third kappa shape index (κ3) is 5.57. The largest absolute Gasteiger partial charge is 0.497 e. The van der Waals surface area contributed by atoms with E-state index in [9.17, 15) is 4.79 Å². The zero-order valence-corrected chi connectivity index (χ0v) is 12.6. The van der Waals surface area contributed by atoms with E-state index >= 15 is 0 Å². The van der Waals surface area contributed by atoms with E-state index in [1.54, 1.807) is 7.11 Å². The van der Waals surface area contributed by atoms with E-state index in [0.717, 1.165) is 17.7 Å². The van der Waals surface area contributed by atoms with Crippen LogP contribution in [-0.2, 0) is 16.1 Å². The summed E-state index contributed by atoms with van der Waals surface area (Å²) in [5.74, 6) is 1.32. The molecule has 110 valence electrons. The first-order valence-corrected chi connectivity index (χ1v) is 6.93. The van der Waals surface area contributed by atoms with Gasteiger partial charge in [-0.3, -0.25) is 4.79 Å². The molecule has 0 spiro atoms. The van der Waals surface area contributed by atoms with E-state index in [1.165, 1.54) is 6.08 Å². The van der Waals surface area contributed by atoms with Crippen LogP contribution in [0.3, 0.4) is 0 Å². The van der Waals surface area contributed by atoms with Crippen molar-refractivity contribution in [1.29, 1.82) is 0 Å². The third-order valence-electron chi connectivity index (χ3n) is 3.27. The topological polar surface area (TPSA) is 35.5 Å². The minimum atomic E-state index is 0.0205. The smallest absolute Gasteiger partial charge is 0.157 e. The van der Waals surface area contributed by atoms with Crippen molar-refractivity contribution >= 4 is 5.78 Å². The van der Waals surface area contributed by atoms with Crippen LogP contribution in [0.5, 0.6) is 5.75 Å². The van der Waals surface area contributed by atoms with Gasteiger partial charge in [0.25, 0.3) is 0 Å². The Morgan fingerprint density at radius 2 is 1.95 bits per heavy atom. The molecule has 20 heavy (non-hydrogen) atoms. The van der Waals surface area contributed by atoms with E-state index < -0.39 is 0 Å². The van der Waals surface area contributed by atoms with Crippen molar-refractivity contribution in [3.05, 3.63) is 42.5 Å². The average molecular weight is 276 g/mol. The minimum absolute atomic E-state index is 0.0205. The van der Waals surface area contributed by atoms with E-state index in [0.29, 0.717) is 19.1 Å². The maximum absolute atomic E-state index is 11.4. The number of ketones is 1.